The quantitative estimate of drug-likeness (QED) is 0.0271. The van der Waals surface area contributed by atoms with Gasteiger partial charge < -0.3 is 61.9 Å². The number of hydrogen-bond acceptors (Lipinski definition) is 16. The van der Waals surface area contributed by atoms with Gasteiger partial charge in [0.2, 0.25) is 35.4 Å². The summed E-state index contributed by atoms with van der Waals surface area (Å²) in [5.41, 5.74) is 5.84. The molecule has 10 amide bonds. The van der Waals surface area contributed by atoms with E-state index in [0.717, 1.165) is 29.1 Å². The minimum absolute atomic E-state index is 0.0296. The van der Waals surface area contributed by atoms with E-state index >= 15 is 4.39 Å². The van der Waals surface area contributed by atoms with E-state index in [1.165, 1.54) is 18.7 Å². The van der Waals surface area contributed by atoms with E-state index < -0.39 is 188 Å². The number of aliphatic hydroxyl groups excluding tert-OH is 1. The van der Waals surface area contributed by atoms with Crippen molar-refractivity contribution in [2.75, 3.05) is 33.3 Å². The number of hydroxylamine groups is 2. The normalized spacial score (nSPS) is 14.7. The third-order valence-corrected chi connectivity index (χ3v) is 14.7. The van der Waals surface area contributed by atoms with Gasteiger partial charge in [-0.2, -0.15) is 0 Å². The molecule has 1 aromatic heterocycles. The molecular formula is C60H82F2N11O17+. The lowest BCUT2D eigenvalue weighted by molar-refractivity contribution is -0.591. The maximum absolute atomic E-state index is 15.5. The maximum Gasteiger partial charge on any atom is 0.333 e. The summed E-state index contributed by atoms with van der Waals surface area (Å²) in [5.74, 6) is -13.6. The Labute approximate surface area is 518 Å². The van der Waals surface area contributed by atoms with E-state index in [-0.39, 0.29) is 36.9 Å². The second kappa shape index (κ2) is 34.7. The Kier molecular flexibility index (Phi) is 28.3. The molecule has 0 aliphatic carbocycles. The number of likely N-dealkylation sites (N-methyl/N-ethyl adjacent to an activating group) is 1. The summed E-state index contributed by atoms with van der Waals surface area (Å²) in [6, 6.07) is 4.05. The van der Waals surface area contributed by atoms with Crippen LogP contribution in [0.15, 0.2) is 60.8 Å². The number of unbranched alkanes of at least 4 members (excludes halogenated alkanes) is 2. The van der Waals surface area contributed by atoms with Gasteiger partial charge >= 0.3 is 23.8 Å². The van der Waals surface area contributed by atoms with Crippen LogP contribution in [0.1, 0.15) is 129 Å². The monoisotopic (exact) mass is 1270 g/mol. The predicted molar refractivity (Wildman–Crippen MR) is 314 cm³/mol. The van der Waals surface area contributed by atoms with Crippen LogP contribution in [0, 0.1) is 17.0 Å². The SMILES string of the molecule is CC(NC(=O)C(C)[NH2+]C(=O)C(C)N(C)CCCCCC(=O)ON1C(=O)CCC1=O)C(=O)NC(CC(N)=O)C(=O)NC(CCN(C(=O)CO)C(c1cc(-c2cc(F)ccc2F)cn1Cc1ccccc1)C(C)(C)C)C(=O)NCCC(=O)NC(CCC(=O)O)C(=O)O. The number of imide groups is 1. The Morgan fingerprint density at radius 2 is 1.41 bits per heavy atom. The second-order valence-corrected chi connectivity index (χ2v) is 23.0. The number of nitrogens with one attached hydrogen (secondary N) is 5. The molecule has 12 N–H and O–H groups in total. The standard InChI is InChI=1S/C60H81F2N11O17/c1-34(66-56(85)36(3)70(7)26-13-9-12-16-52(82)90-73-48(77)20-21-49(73)78)54(83)65-35(2)55(84)69-44(30-46(63)75)58(87)68-42(57(86)64-25-23-47(76)67-43(59(88)89)19-22-51(80)81)24-27-72(50(79)33-74)53(60(4,5)6)45-28-38(40-29-39(61)17-18-41(40)62)32-71(45)31-37-14-10-8-11-15-37/h8,10-11,14-15,17-18,28-29,32,34-36,42-44,53,74H,9,12-13,16,19-27,30-31,33H2,1-7H3,(H2,63,75)(H,64,86)(H,65,83)(H,66,85)(H,67,76)(H,68,87)(H,69,84)(H,80,81)(H,88,89)/p+1. The zero-order valence-electron chi connectivity index (χ0n) is 51.4. The van der Waals surface area contributed by atoms with Crippen molar-refractivity contribution >= 4 is 77.0 Å². The molecule has 28 nitrogen and oxygen atoms in total. The molecule has 90 heavy (non-hydrogen) atoms. The molecule has 0 saturated carbocycles. The van der Waals surface area contributed by atoms with Crippen molar-refractivity contribution in [1.29, 1.82) is 0 Å². The lowest BCUT2D eigenvalue weighted by Crippen LogP contribution is -2.97. The molecule has 0 radical (unpaired) electrons. The van der Waals surface area contributed by atoms with Crippen molar-refractivity contribution in [2.45, 2.75) is 161 Å². The fourth-order valence-corrected chi connectivity index (χ4v) is 9.73. The number of halogens is 2. The summed E-state index contributed by atoms with van der Waals surface area (Å²) in [7, 11) is 1.68. The van der Waals surface area contributed by atoms with Crippen molar-refractivity contribution in [3.05, 3.63) is 83.7 Å². The molecule has 4 rings (SSSR count). The highest BCUT2D eigenvalue weighted by atomic mass is 19.1. The van der Waals surface area contributed by atoms with E-state index in [9.17, 15) is 76.9 Å². The van der Waals surface area contributed by atoms with Gasteiger partial charge in [-0.3, -0.25) is 58.2 Å². The Balaban J connectivity index is 1.54. The van der Waals surface area contributed by atoms with E-state index in [4.69, 9.17) is 15.7 Å². The Morgan fingerprint density at radius 3 is 2.02 bits per heavy atom. The first-order chi connectivity index (χ1) is 42.3. The number of carbonyl (C=O) groups is 13. The summed E-state index contributed by atoms with van der Waals surface area (Å²) in [4.78, 5) is 175. The molecule has 2 aromatic carbocycles. The minimum atomic E-state index is -1.84. The van der Waals surface area contributed by atoms with Gasteiger partial charge in [-0.1, -0.05) is 57.5 Å². The number of carboxylic acids is 2. The van der Waals surface area contributed by atoms with Crippen LogP contribution in [0.4, 0.5) is 8.78 Å². The highest BCUT2D eigenvalue weighted by Crippen LogP contribution is 2.41. The number of aliphatic hydroxyl groups is 1. The van der Waals surface area contributed by atoms with Gasteiger partial charge in [0.1, 0.15) is 48.5 Å². The number of benzene rings is 2. The molecule has 30 heteroatoms. The van der Waals surface area contributed by atoms with Crippen LogP contribution in [0.2, 0.25) is 0 Å². The van der Waals surface area contributed by atoms with Crippen LogP contribution in [0.5, 0.6) is 0 Å². The third kappa shape index (κ3) is 22.8. The first-order valence-corrected chi connectivity index (χ1v) is 29.3. The Hall–Kier alpha value is -9.03. The molecule has 0 bridgehead atoms. The van der Waals surface area contributed by atoms with Crippen molar-refractivity contribution in [1.82, 2.24) is 46.0 Å². The van der Waals surface area contributed by atoms with E-state index in [1.54, 1.807) is 74.7 Å². The van der Waals surface area contributed by atoms with Gasteiger partial charge in [-0.05, 0) is 95.3 Å². The third-order valence-electron chi connectivity index (χ3n) is 14.7. The first kappa shape index (κ1) is 73.4. The lowest BCUT2D eigenvalue weighted by atomic mass is 9.82. The van der Waals surface area contributed by atoms with Crippen molar-refractivity contribution in [2.24, 2.45) is 11.1 Å². The number of aromatic nitrogens is 1. The van der Waals surface area contributed by atoms with Gasteiger partial charge in [0.25, 0.3) is 17.7 Å². The molecule has 0 spiro atoms. The number of nitrogens with two attached hydrogens (primary N) is 2. The van der Waals surface area contributed by atoms with Crippen LogP contribution in [0.3, 0.4) is 0 Å². The van der Waals surface area contributed by atoms with Gasteiger partial charge in [0.05, 0.1) is 12.5 Å². The molecule has 1 aliphatic rings. The van der Waals surface area contributed by atoms with Crippen LogP contribution < -0.4 is 37.6 Å². The number of hydrogen-bond donors (Lipinski definition) is 10. The number of nitrogens with zero attached hydrogens (tertiary/aromatic N) is 4. The van der Waals surface area contributed by atoms with Crippen LogP contribution in [0.25, 0.3) is 11.1 Å². The number of aliphatic carboxylic acids is 2. The first-order valence-electron chi connectivity index (χ1n) is 29.3. The summed E-state index contributed by atoms with van der Waals surface area (Å²) in [6.07, 6.45) is -0.0583. The fraction of sp³-hybridized carbons (Fsp3) is 0.517. The number of carboxylic acid groups (broad SMARTS) is 2. The molecule has 7 atom stereocenters. The summed E-state index contributed by atoms with van der Waals surface area (Å²) >= 11 is 0. The molecule has 1 saturated heterocycles. The molecule has 7 unspecified atom stereocenters. The van der Waals surface area contributed by atoms with Crippen molar-refractivity contribution in [3.63, 3.8) is 0 Å². The van der Waals surface area contributed by atoms with Gasteiger partial charge in [0.15, 0.2) is 6.04 Å². The van der Waals surface area contributed by atoms with E-state index in [0.29, 0.717) is 36.6 Å². The van der Waals surface area contributed by atoms with Crippen LogP contribution in [-0.4, -0.2) is 181 Å². The zero-order valence-corrected chi connectivity index (χ0v) is 51.4. The fourth-order valence-electron chi connectivity index (χ4n) is 9.73. The van der Waals surface area contributed by atoms with Gasteiger partial charge in [-0.25, -0.2) is 23.2 Å². The average Bonchev–Trinajstić information content (AvgIpc) is 1.67. The number of carbonyl (C=O) groups excluding carboxylic acids is 11. The highest BCUT2D eigenvalue weighted by molar-refractivity contribution is 6.01. The molecule has 3 aromatic rings. The predicted octanol–water partition coefficient (Wildman–Crippen LogP) is 0.0364. The zero-order chi connectivity index (χ0) is 67.2. The number of amides is 10. The molecule has 1 fully saturated rings. The molecule has 2 heterocycles. The summed E-state index contributed by atoms with van der Waals surface area (Å²) in [6.45, 7) is 8.05. The highest BCUT2D eigenvalue weighted by Gasteiger charge is 2.39. The summed E-state index contributed by atoms with van der Waals surface area (Å²) in [5, 5.41) is 42.6. The maximum atomic E-state index is 15.5. The molecular weight excluding hydrogens is 1180 g/mol. The van der Waals surface area contributed by atoms with Crippen LogP contribution in [-0.2, 0) is 73.7 Å². The van der Waals surface area contributed by atoms with E-state index in [1.807, 2.05) is 12.1 Å². The lowest BCUT2D eigenvalue weighted by Gasteiger charge is -2.41. The van der Waals surface area contributed by atoms with Crippen LogP contribution >= 0.6 is 0 Å². The largest absolute Gasteiger partial charge is 0.481 e. The minimum Gasteiger partial charge on any atom is -0.481 e. The Bertz CT molecular complexity index is 3090. The van der Waals surface area contributed by atoms with Gasteiger partial charge in [-0.15, -0.1) is 5.06 Å². The summed E-state index contributed by atoms with van der Waals surface area (Å²) < 4.78 is 31.9. The van der Waals surface area contributed by atoms with Crippen molar-refractivity contribution < 1.29 is 96.6 Å². The average molecular weight is 1270 g/mol. The number of primary amides is 2. The molecule has 1 aliphatic heterocycles. The van der Waals surface area contributed by atoms with Gasteiger partial charge in [0, 0.05) is 74.8 Å². The Morgan fingerprint density at radius 1 is 0.756 bits per heavy atom. The number of quaternary nitrogens is 1. The van der Waals surface area contributed by atoms with E-state index in [2.05, 4.69) is 26.6 Å². The smallest absolute Gasteiger partial charge is 0.333 e. The molecule has 492 valence electrons. The second-order valence-electron chi connectivity index (χ2n) is 23.0. The van der Waals surface area contributed by atoms with Crippen molar-refractivity contribution in [3.8, 4) is 11.1 Å². The number of rotatable bonds is 36. The topological polar surface area (TPSA) is 409 Å².